The molecule has 0 spiro atoms. The number of rotatable bonds is 10. The Hall–Kier alpha value is -0.610. The van der Waals surface area contributed by atoms with Crippen LogP contribution in [0.1, 0.15) is 46.5 Å². The van der Waals surface area contributed by atoms with E-state index in [-0.39, 0.29) is 19.2 Å². The molecule has 0 aromatic carbocycles. The minimum absolute atomic E-state index is 0.0150. The van der Waals surface area contributed by atoms with Gasteiger partial charge in [-0.1, -0.05) is 33.1 Å². The van der Waals surface area contributed by atoms with Gasteiger partial charge in [0, 0.05) is 13.5 Å². The highest BCUT2D eigenvalue weighted by Crippen LogP contribution is 2.12. The fraction of sp³-hybridized carbons (Fsp3) is 0.923. The summed E-state index contributed by atoms with van der Waals surface area (Å²) in [6.45, 7) is 6.57. The number of aliphatic hydroxyl groups excluding tert-OH is 1. The standard InChI is InChI=1S/C13H26O4/c1-4-6-7-12(5-2)8-16-9-13(15)10-17-11(3)14/h12-13,15H,4-10H2,1-3H3. The monoisotopic (exact) mass is 246 g/mol. The molecule has 0 aromatic heterocycles. The van der Waals surface area contributed by atoms with Gasteiger partial charge in [0.25, 0.3) is 0 Å². The van der Waals surface area contributed by atoms with Crippen LogP contribution in [0, 0.1) is 5.92 Å². The third-order valence-electron chi connectivity index (χ3n) is 2.69. The van der Waals surface area contributed by atoms with E-state index in [9.17, 15) is 9.90 Å². The molecule has 0 radical (unpaired) electrons. The molecule has 0 heterocycles. The molecule has 4 nitrogen and oxygen atoms in total. The maximum Gasteiger partial charge on any atom is 0.302 e. The topological polar surface area (TPSA) is 55.8 Å². The van der Waals surface area contributed by atoms with E-state index in [1.807, 2.05) is 0 Å². The molecule has 0 aliphatic heterocycles. The van der Waals surface area contributed by atoms with Gasteiger partial charge in [-0.2, -0.15) is 0 Å². The molecule has 102 valence electrons. The molecule has 0 aromatic rings. The van der Waals surface area contributed by atoms with E-state index in [0.29, 0.717) is 12.5 Å². The van der Waals surface area contributed by atoms with E-state index < -0.39 is 6.10 Å². The number of hydrogen-bond acceptors (Lipinski definition) is 4. The highest BCUT2D eigenvalue weighted by Gasteiger charge is 2.09. The number of carbonyl (C=O) groups excluding carboxylic acids is 1. The van der Waals surface area contributed by atoms with Gasteiger partial charge in [0.1, 0.15) is 12.7 Å². The van der Waals surface area contributed by atoms with Crippen molar-refractivity contribution in [2.24, 2.45) is 5.92 Å². The predicted molar refractivity (Wildman–Crippen MR) is 66.8 cm³/mol. The third-order valence-corrected chi connectivity index (χ3v) is 2.69. The van der Waals surface area contributed by atoms with Crippen molar-refractivity contribution >= 4 is 5.97 Å². The summed E-state index contributed by atoms with van der Waals surface area (Å²) < 4.78 is 10.1. The molecule has 0 aliphatic carbocycles. The van der Waals surface area contributed by atoms with Crippen LogP contribution in [0.2, 0.25) is 0 Å². The molecule has 17 heavy (non-hydrogen) atoms. The second-order valence-electron chi connectivity index (χ2n) is 4.41. The summed E-state index contributed by atoms with van der Waals surface area (Å²) in [4.78, 5) is 10.5. The Morgan fingerprint density at radius 3 is 2.47 bits per heavy atom. The molecule has 0 saturated heterocycles. The van der Waals surface area contributed by atoms with E-state index in [1.165, 1.54) is 26.2 Å². The third kappa shape index (κ3) is 10.3. The van der Waals surface area contributed by atoms with Gasteiger partial charge in [-0.05, 0) is 12.3 Å². The lowest BCUT2D eigenvalue weighted by atomic mass is 10.0. The Kier molecular flexibility index (Phi) is 10.2. The first kappa shape index (κ1) is 16.4. The maximum atomic E-state index is 10.5. The van der Waals surface area contributed by atoms with E-state index in [4.69, 9.17) is 4.74 Å². The molecule has 1 N–H and O–H groups in total. The smallest absolute Gasteiger partial charge is 0.302 e. The van der Waals surface area contributed by atoms with Gasteiger partial charge >= 0.3 is 5.97 Å². The van der Waals surface area contributed by atoms with Gasteiger partial charge in [-0.15, -0.1) is 0 Å². The lowest BCUT2D eigenvalue weighted by Crippen LogP contribution is -2.24. The number of ether oxygens (including phenoxy) is 2. The normalized spacial score (nSPS) is 14.4. The summed E-state index contributed by atoms with van der Waals surface area (Å²) in [6, 6.07) is 0. The largest absolute Gasteiger partial charge is 0.463 e. The quantitative estimate of drug-likeness (QED) is 0.600. The Bertz CT molecular complexity index is 194. The van der Waals surface area contributed by atoms with Crippen LogP contribution in [0.25, 0.3) is 0 Å². The number of esters is 1. The first-order valence-corrected chi connectivity index (χ1v) is 6.49. The van der Waals surface area contributed by atoms with Crippen LogP contribution in [0.4, 0.5) is 0 Å². The lowest BCUT2D eigenvalue weighted by Gasteiger charge is -2.16. The Morgan fingerprint density at radius 2 is 1.94 bits per heavy atom. The van der Waals surface area contributed by atoms with Gasteiger partial charge in [0.2, 0.25) is 0 Å². The summed E-state index contributed by atoms with van der Waals surface area (Å²) in [5.74, 6) is 0.189. The van der Waals surface area contributed by atoms with Crippen molar-refractivity contribution in [3.05, 3.63) is 0 Å². The van der Waals surface area contributed by atoms with E-state index in [1.54, 1.807) is 0 Å². The number of unbranched alkanes of at least 4 members (excludes halogenated alkanes) is 1. The number of aliphatic hydroxyl groups is 1. The van der Waals surface area contributed by atoms with Gasteiger partial charge in [0.15, 0.2) is 0 Å². The molecule has 0 aliphatic rings. The van der Waals surface area contributed by atoms with E-state index >= 15 is 0 Å². The molecule has 0 saturated carbocycles. The molecule has 2 unspecified atom stereocenters. The zero-order valence-corrected chi connectivity index (χ0v) is 11.3. The zero-order valence-electron chi connectivity index (χ0n) is 11.3. The predicted octanol–water partition coefficient (Wildman–Crippen LogP) is 2.14. The minimum Gasteiger partial charge on any atom is -0.463 e. The summed E-state index contributed by atoms with van der Waals surface area (Å²) in [7, 11) is 0. The fourth-order valence-corrected chi connectivity index (χ4v) is 1.53. The van der Waals surface area contributed by atoms with Crippen LogP contribution in [0.15, 0.2) is 0 Å². The van der Waals surface area contributed by atoms with Crippen molar-refractivity contribution < 1.29 is 19.4 Å². The van der Waals surface area contributed by atoms with Crippen LogP contribution in [0.5, 0.6) is 0 Å². The summed E-state index contributed by atoms with van der Waals surface area (Å²) in [6.07, 6.45) is 3.97. The molecular formula is C13H26O4. The van der Waals surface area contributed by atoms with Crippen LogP contribution < -0.4 is 0 Å². The molecule has 0 bridgehead atoms. The number of hydrogen-bond donors (Lipinski definition) is 1. The van der Waals surface area contributed by atoms with Gasteiger partial charge in [-0.25, -0.2) is 0 Å². The molecule has 4 heteroatoms. The van der Waals surface area contributed by atoms with Crippen molar-refractivity contribution in [1.29, 1.82) is 0 Å². The highest BCUT2D eigenvalue weighted by molar-refractivity contribution is 5.65. The van der Waals surface area contributed by atoms with Crippen molar-refractivity contribution in [3.8, 4) is 0 Å². The molecule has 2 atom stereocenters. The molecular weight excluding hydrogens is 220 g/mol. The first-order valence-electron chi connectivity index (χ1n) is 6.49. The van der Waals surface area contributed by atoms with Crippen LogP contribution in [-0.4, -0.2) is 37.0 Å². The maximum absolute atomic E-state index is 10.5. The lowest BCUT2D eigenvalue weighted by molar-refractivity contribution is -0.145. The Morgan fingerprint density at radius 1 is 1.24 bits per heavy atom. The van der Waals surface area contributed by atoms with Crippen molar-refractivity contribution in [2.45, 2.75) is 52.6 Å². The summed E-state index contributed by atoms with van der Waals surface area (Å²) in [5.41, 5.74) is 0. The van der Waals surface area contributed by atoms with Gasteiger partial charge < -0.3 is 14.6 Å². The summed E-state index contributed by atoms with van der Waals surface area (Å²) in [5, 5.41) is 9.46. The Balaban J connectivity index is 3.54. The van der Waals surface area contributed by atoms with E-state index in [0.717, 1.165) is 6.42 Å². The molecule has 0 amide bonds. The molecule has 0 rings (SSSR count). The SMILES string of the molecule is CCCCC(CC)COCC(O)COC(C)=O. The summed E-state index contributed by atoms with van der Waals surface area (Å²) >= 11 is 0. The van der Waals surface area contributed by atoms with Crippen molar-refractivity contribution in [2.75, 3.05) is 19.8 Å². The van der Waals surface area contributed by atoms with Gasteiger partial charge in [0.05, 0.1) is 6.61 Å². The number of carbonyl (C=O) groups is 1. The average Bonchev–Trinajstić information content (AvgIpc) is 2.30. The van der Waals surface area contributed by atoms with Crippen LogP contribution in [0.3, 0.4) is 0 Å². The highest BCUT2D eigenvalue weighted by atomic mass is 16.5. The van der Waals surface area contributed by atoms with Crippen molar-refractivity contribution in [3.63, 3.8) is 0 Å². The minimum atomic E-state index is -0.720. The first-order chi connectivity index (χ1) is 8.10. The Labute approximate surface area is 104 Å². The average molecular weight is 246 g/mol. The van der Waals surface area contributed by atoms with E-state index in [2.05, 4.69) is 18.6 Å². The van der Waals surface area contributed by atoms with Crippen LogP contribution >= 0.6 is 0 Å². The second-order valence-corrected chi connectivity index (χ2v) is 4.41. The van der Waals surface area contributed by atoms with Gasteiger partial charge in [-0.3, -0.25) is 4.79 Å². The fourth-order valence-electron chi connectivity index (χ4n) is 1.53. The van der Waals surface area contributed by atoms with Crippen molar-refractivity contribution in [1.82, 2.24) is 0 Å². The zero-order chi connectivity index (χ0) is 13.1. The second kappa shape index (κ2) is 10.5. The molecule has 0 fully saturated rings. The van der Waals surface area contributed by atoms with Crippen LogP contribution in [-0.2, 0) is 14.3 Å².